The summed E-state index contributed by atoms with van der Waals surface area (Å²) >= 11 is 0. The molecule has 1 heterocycles. The molecule has 0 bridgehead atoms. The van der Waals surface area contributed by atoms with Crippen molar-refractivity contribution >= 4 is 5.97 Å². The van der Waals surface area contributed by atoms with Crippen LogP contribution in [0.5, 0.6) is 0 Å². The number of halogens is 2. The number of hydrogen-bond acceptors (Lipinski definition) is 3. The summed E-state index contributed by atoms with van der Waals surface area (Å²) in [4.78, 5) is 10.1. The maximum Gasteiger partial charge on any atom is 0.399 e. The highest BCUT2D eigenvalue weighted by atomic mass is 19.3. The first kappa shape index (κ1) is 10.6. The highest BCUT2D eigenvalue weighted by Gasteiger charge is 2.44. The normalized spacial score (nSPS) is 11.6. The first-order valence-electron chi connectivity index (χ1n) is 3.68. The molecule has 0 unspecified atom stereocenters. The number of carboxylic acids is 1. The summed E-state index contributed by atoms with van der Waals surface area (Å²) in [6.07, 6.45) is 0. The van der Waals surface area contributed by atoms with Crippen molar-refractivity contribution in [2.75, 3.05) is 7.11 Å². The predicted molar refractivity (Wildman–Crippen MR) is 41.0 cm³/mol. The van der Waals surface area contributed by atoms with Crippen molar-refractivity contribution in [3.8, 4) is 0 Å². The van der Waals surface area contributed by atoms with Crippen molar-refractivity contribution < 1.29 is 27.8 Å². The van der Waals surface area contributed by atoms with Crippen molar-refractivity contribution in [1.29, 1.82) is 0 Å². The van der Waals surface area contributed by atoms with E-state index in [-0.39, 0.29) is 12.4 Å². The Bertz CT molecular complexity index is 332. The van der Waals surface area contributed by atoms with E-state index in [1.54, 1.807) is 0 Å². The third-order valence-electron chi connectivity index (χ3n) is 1.53. The van der Waals surface area contributed by atoms with Crippen LogP contribution in [0.25, 0.3) is 0 Å². The molecule has 1 rings (SSSR count). The summed E-state index contributed by atoms with van der Waals surface area (Å²) < 4.78 is 34.8. The molecule has 0 aliphatic heterocycles. The van der Waals surface area contributed by atoms with Crippen LogP contribution in [0, 0.1) is 0 Å². The molecule has 0 saturated heterocycles. The zero-order valence-electron chi connectivity index (χ0n) is 7.29. The van der Waals surface area contributed by atoms with Gasteiger partial charge in [0.05, 0.1) is 0 Å². The van der Waals surface area contributed by atoms with Gasteiger partial charge in [-0.15, -0.1) is 0 Å². The van der Waals surface area contributed by atoms with E-state index in [1.165, 1.54) is 13.2 Å². The fraction of sp³-hybridized carbons (Fsp3) is 0.375. The molecule has 0 atom stereocenters. The van der Waals surface area contributed by atoms with Crippen LogP contribution in [0.3, 0.4) is 0 Å². The third-order valence-corrected chi connectivity index (χ3v) is 1.53. The number of furan rings is 1. The zero-order chi connectivity index (χ0) is 10.8. The Labute approximate surface area is 78.1 Å². The van der Waals surface area contributed by atoms with E-state index in [4.69, 9.17) is 5.11 Å². The van der Waals surface area contributed by atoms with Crippen molar-refractivity contribution in [2.45, 2.75) is 12.5 Å². The smallest absolute Gasteiger partial charge is 0.399 e. The number of carbonyl (C=O) groups is 1. The van der Waals surface area contributed by atoms with Gasteiger partial charge in [0.25, 0.3) is 0 Å². The Morgan fingerprint density at radius 2 is 2.29 bits per heavy atom. The minimum atomic E-state index is -3.99. The number of ether oxygens (including phenoxy) is 1. The molecular formula is C8H8F2O4. The van der Waals surface area contributed by atoms with Gasteiger partial charge in [0, 0.05) is 7.11 Å². The number of alkyl halides is 2. The second-order valence-corrected chi connectivity index (χ2v) is 2.58. The van der Waals surface area contributed by atoms with Gasteiger partial charge in [0.2, 0.25) is 0 Å². The van der Waals surface area contributed by atoms with Crippen LogP contribution in [0.4, 0.5) is 8.78 Å². The van der Waals surface area contributed by atoms with Gasteiger partial charge in [-0.05, 0) is 12.1 Å². The topological polar surface area (TPSA) is 59.7 Å². The van der Waals surface area contributed by atoms with Crippen LogP contribution in [-0.2, 0) is 22.1 Å². The van der Waals surface area contributed by atoms with Crippen molar-refractivity contribution in [2.24, 2.45) is 0 Å². The van der Waals surface area contributed by atoms with Crippen LogP contribution in [0.1, 0.15) is 11.5 Å². The third kappa shape index (κ3) is 1.90. The van der Waals surface area contributed by atoms with Gasteiger partial charge in [0.1, 0.15) is 12.4 Å². The molecule has 0 radical (unpaired) electrons. The van der Waals surface area contributed by atoms with Crippen LogP contribution < -0.4 is 0 Å². The minimum absolute atomic E-state index is 0.0235. The second-order valence-electron chi connectivity index (χ2n) is 2.58. The molecule has 0 amide bonds. The number of hydrogen-bond donors (Lipinski definition) is 1. The van der Waals surface area contributed by atoms with E-state index in [1.807, 2.05) is 0 Å². The first-order valence-corrected chi connectivity index (χ1v) is 3.68. The Morgan fingerprint density at radius 1 is 1.64 bits per heavy atom. The molecule has 0 aliphatic rings. The van der Waals surface area contributed by atoms with Crippen molar-refractivity contribution in [3.05, 3.63) is 23.7 Å². The van der Waals surface area contributed by atoms with Crippen LogP contribution in [-0.4, -0.2) is 18.2 Å². The van der Waals surface area contributed by atoms with Crippen LogP contribution in [0.2, 0.25) is 0 Å². The Hall–Kier alpha value is -1.43. The van der Waals surface area contributed by atoms with Crippen LogP contribution >= 0.6 is 0 Å². The van der Waals surface area contributed by atoms with E-state index in [9.17, 15) is 13.6 Å². The van der Waals surface area contributed by atoms with E-state index in [0.29, 0.717) is 0 Å². The van der Waals surface area contributed by atoms with Gasteiger partial charge in [0.15, 0.2) is 5.76 Å². The lowest BCUT2D eigenvalue weighted by atomic mass is 10.2. The maximum absolute atomic E-state index is 12.8. The molecule has 14 heavy (non-hydrogen) atoms. The molecule has 1 aromatic rings. The lowest BCUT2D eigenvalue weighted by molar-refractivity contribution is -0.169. The first-order chi connectivity index (χ1) is 6.48. The number of rotatable bonds is 4. The monoisotopic (exact) mass is 206 g/mol. The Balaban J connectivity index is 2.91. The maximum atomic E-state index is 12.8. The van der Waals surface area contributed by atoms with Gasteiger partial charge in [-0.2, -0.15) is 8.78 Å². The standard InChI is InChI=1S/C8H8F2O4/c1-13-4-5-2-3-6(14-5)8(9,10)7(11)12/h2-3H,4H2,1H3,(H,11,12). The van der Waals surface area contributed by atoms with Gasteiger partial charge in [-0.3, -0.25) is 0 Å². The molecule has 0 aromatic carbocycles. The minimum Gasteiger partial charge on any atom is -0.476 e. The molecular weight excluding hydrogens is 198 g/mol. The molecule has 6 heteroatoms. The average Bonchev–Trinajstić information content (AvgIpc) is 2.53. The number of carboxylic acid groups (broad SMARTS) is 1. The fourth-order valence-electron chi connectivity index (χ4n) is 0.872. The van der Waals surface area contributed by atoms with Crippen molar-refractivity contribution in [1.82, 2.24) is 0 Å². The molecule has 78 valence electrons. The van der Waals surface area contributed by atoms with Gasteiger partial charge in [-0.25, -0.2) is 4.79 Å². The van der Waals surface area contributed by atoms with Crippen LogP contribution in [0.15, 0.2) is 16.5 Å². The van der Waals surface area contributed by atoms with Gasteiger partial charge in [-0.1, -0.05) is 0 Å². The van der Waals surface area contributed by atoms with E-state index >= 15 is 0 Å². The second kappa shape index (κ2) is 3.75. The molecule has 0 aliphatic carbocycles. The Morgan fingerprint density at radius 3 is 2.79 bits per heavy atom. The largest absolute Gasteiger partial charge is 0.476 e. The fourth-order valence-corrected chi connectivity index (χ4v) is 0.872. The summed E-state index contributed by atoms with van der Waals surface area (Å²) in [5.74, 6) is -6.97. The lowest BCUT2D eigenvalue weighted by Crippen LogP contribution is -2.24. The SMILES string of the molecule is COCc1ccc(C(F)(F)C(=O)O)o1. The van der Waals surface area contributed by atoms with Gasteiger partial charge < -0.3 is 14.3 Å². The molecule has 4 nitrogen and oxygen atoms in total. The number of aliphatic carboxylic acids is 1. The molecule has 0 spiro atoms. The molecule has 1 aromatic heterocycles. The van der Waals surface area contributed by atoms with E-state index < -0.39 is 17.7 Å². The lowest BCUT2D eigenvalue weighted by Gasteiger charge is -2.06. The molecule has 1 N–H and O–H groups in total. The predicted octanol–water partition coefficient (Wildman–Crippen LogP) is 1.60. The quantitative estimate of drug-likeness (QED) is 0.812. The van der Waals surface area contributed by atoms with E-state index in [2.05, 4.69) is 9.15 Å². The summed E-state index contributed by atoms with van der Waals surface area (Å²) in [5, 5.41) is 8.19. The highest BCUT2D eigenvalue weighted by molar-refractivity contribution is 5.76. The summed E-state index contributed by atoms with van der Waals surface area (Å²) in [6, 6.07) is 2.16. The Kier molecular flexibility index (Phi) is 2.85. The zero-order valence-corrected chi connectivity index (χ0v) is 7.29. The highest BCUT2D eigenvalue weighted by Crippen LogP contribution is 2.29. The average molecular weight is 206 g/mol. The van der Waals surface area contributed by atoms with E-state index in [0.717, 1.165) is 6.07 Å². The number of methoxy groups -OCH3 is 1. The van der Waals surface area contributed by atoms with Crippen molar-refractivity contribution in [3.63, 3.8) is 0 Å². The molecule has 0 fully saturated rings. The summed E-state index contributed by atoms with van der Waals surface area (Å²) in [5.41, 5.74) is 0. The summed E-state index contributed by atoms with van der Waals surface area (Å²) in [6.45, 7) is 0.0235. The summed E-state index contributed by atoms with van der Waals surface area (Å²) in [7, 11) is 1.37. The molecule has 0 saturated carbocycles. The van der Waals surface area contributed by atoms with Gasteiger partial charge >= 0.3 is 11.9 Å².